The average molecular weight is 976 g/mol. The summed E-state index contributed by atoms with van der Waals surface area (Å²) in [5, 5.41) is 22.4. The lowest BCUT2D eigenvalue weighted by molar-refractivity contribution is -0.164. The number of rotatable bonds is 11. The number of nitriles is 1. The summed E-state index contributed by atoms with van der Waals surface area (Å²) in [6.45, 7) is 16.2. The monoisotopic (exact) mass is 974 g/mol. The van der Waals surface area contributed by atoms with Crippen LogP contribution in [0.5, 0.6) is 5.75 Å². The van der Waals surface area contributed by atoms with Gasteiger partial charge < -0.3 is 29.7 Å². The number of hydrogen-bond acceptors (Lipinski definition) is 11. The van der Waals surface area contributed by atoms with Gasteiger partial charge >= 0.3 is 0 Å². The number of benzene rings is 2. The number of carbonyl (C=O) groups is 2. The average Bonchev–Trinajstić information content (AvgIpc) is 4.08. The van der Waals surface area contributed by atoms with Crippen molar-refractivity contribution in [2.24, 2.45) is 23.8 Å². The lowest BCUT2D eigenvalue weighted by atomic mass is 9.49. The van der Waals surface area contributed by atoms with Gasteiger partial charge in [-0.1, -0.05) is 39.3 Å². The summed E-state index contributed by atoms with van der Waals surface area (Å²) >= 11 is 6.27. The van der Waals surface area contributed by atoms with E-state index in [9.17, 15) is 23.6 Å². The van der Waals surface area contributed by atoms with Gasteiger partial charge in [-0.2, -0.15) is 15.5 Å². The molecule has 3 aromatic heterocycles. The van der Waals surface area contributed by atoms with E-state index < -0.39 is 17.3 Å². The van der Waals surface area contributed by atoms with Gasteiger partial charge in [-0.15, -0.1) is 0 Å². The fourth-order valence-electron chi connectivity index (χ4n) is 12.3. The molecule has 10 rings (SSSR count). The third kappa shape index (κ3) is 8.75. The molecule has 70 heavy (non-hydrogen) atoms. The van der Waals surface area contributed by atoms with Crippen molar-refractivity contribution in [3.8, 4) is 22.9 Å². The van der Waals surface area contributed by atoms with Crippen LogP contribution in [0.1, 0.15) is 111 Å². The predicted molar refractivity (Wildman–Crippen MR) is 262 cm³/mol. The van der Waals surface area contributed by atoms with E-state index in [4.69, 9.17) is 21.4 Å². The van der Waals surface area contributed by atoms with Gasteiger partial charge in [0.05, 0.1) is 34.9 Å². The standard InChI is InChI=1S/C52H61ClF2N12O3/c1-31(68)65-19-14-43-41(30-65)46(66-20-11-33-21-39(36-27-59-62(6)29-36)40(45(54)55)23-44(33)66)61-67(43)37-12-15-63(16-13-37)28-32-9-17-64(18-10-32)50-57-25-35(26-58-50)47(69)60-48-51(2,3)49(52(48,4)5)70-38-8-7-34(24-56)42(53)22-38/h7-8,21-23,25-27,29,32,37,45,48-49H,9-20,28,30H2,1-6H3,(H,60,69). The lowest BCUT2D eigenvalue weighted by Crippen LogP contribution is -2.74. The van der Waals surface area contributed by atoms with Gasteiger partial charge in [-0.25, -0.2) is 18.7 Å². The molecule has 0 unspecified atom stereocenters. The van der Waals surface area contributed by atoms with Crippen LogP contribution in [-0.2, 0) is 31.2 Å². The minimum Gasteiger partial charge on any atom is -0.489 e. The summed E-state index contributed by atoms with van der Waals surface area (Å²) in [7, 11) is 1.78. The normalized spacial score (nSPS) is 21.3. The molecule has 5 aliphatic rings. The van der Waals surface area contributed by atoms with Gasteiger partial charge in [0.15, 0.2) is 5.82 Å². The molecular weight excluding hydrogens is 914 g/mol. The molecule has 15 nitrogen and oxygen atoms in total. The van der Waals surface area contributed by atoms with E-state index in [2.05, 4.69) is 73.5 Å². The van der Waals surface area contributed by atoms with Crippen LogP contribution in [0.4, 0.5) is 26.2 Å². The molecular formula is C52H61ClF2N12O3. The molecule has 0 spiro atoms. The SMILES string of the molecule is CC(=O)N1CCc2c(c(N3CCc4cc(-c5cnn(C)c5)c(C(F)F)cc43)nn2C2CCN(CC3CCN(c4ncc(C(=O)NC5C(C)(C)C(Oc6ccc(C#N)c(Cl)c6)C5(C)C)cn4)CC3)CC2)C1. The Hall–Kier alpha value is -6.12. The fraction of sp³-hybridized carbons (Fsp3) is 0.519. The molecule has 1 aliphatic carbocycles. The van der Waals surface area contributed by atoms with Crippen molar-refractivity contribution in [1.29, 1.82) is 5.26 Å². The molecule has 0 atom stereocenters. The Bertz CT molecular complexity index is 2820. The smallest absolute Gasteiger partial charge is 0.264 e. The van der Waals surface area contributed by atoms with E-state index in [0.29, 0.717) is 77.4 Å². The van der Waals surface area contributed by atoms with Gasteiger partial charge in [0, 0.05) is 136 Å². The van der Waals surface area contributed by atoms with Crippen molar-refractivity contribution in [3.63, 3.8) is 0 Å². The topological polar surface area (TPSA) is 154 Å². The maximum Gasteiger partial charge on any atom is 0.264 e. The van der Waals surface area contributed by atoms with Crippen LogP contribution >= 0.6 is 11.6 Å². The molecule has 5 aromatic rings. The first kappa shape index (κ1) is 47.6. The number of aromatic nitrogens is 6. The number of piperidine rings is 2. The molecule has 3 fully saturated rings. The fourth-order valence-corrected chi connectivity index (χ4v) is 12.5. The second-order valence-corrected chi connectivity index (χ2v) is 21.5. The van der Waals surface area contributed by atoms with E-state index in [0.717, 1.165) is 86.7 Å². The number of halogens is 3. The van der Waals surface area contributed by atoms with Crippen molar-refractivity contribution in [3.05, 3.63) is 93.7 Å². The number of fused-ring (bicyclic) bond motifs is 2. The lowest BCUT2D eigenvalue weighted by Gasteiger charge is -2.63. The Labute approximate surface area is 412 Å². The van der Waals surface area contributed by atoms with Crippen molar-refractivity contribution < 1.29 is 23.1 Å². The number of alkyl halides is 2. The van der Waals surface area contributed by atoms with Crippen LogP contribution in [0.25, 0.3) is 11.1 Å². The highest BCUT2D eigenvalue weighted by Crippen LogP contribution is 2.56. The Morgan fingerprint density at radius 1 is 0.957 bits per heavy atom. The summed E-state index contributed by atoms with van der Waals surface area (Å²) in [5.74, 6) is 2.32. The highest BCUT2D eigenvalue weighted by atomic mass is 35.5. The Balaban J connectivity index is 0.738. The molecule has 368 valence electrons. The van der Waals surface area contributed by atoms with E-state index in [1.54, 1.807) is 67.7 Å². The van der Waals surface area contributed by atoms with E-state index in [1.165, 1.54) is 0 Å². The molecule has 4 aliphatic heterocycles. The first-order chi connectivity index (χ1) is 33.5. The summed E-state index contributed by atoms with van der Waals surface area (Å²) in [4.78, 5) is 44.3. The molecule has 18 heteroatoms. The summed E-state index contributed by atoms with van der Waals surface area (Å²) in [5.41, 5.74) is 5.11. The van der Waals surface area contributed by atoms with Crippen LogP contribution in [0.15, 0.2) is 55.1 Å². The zero-order valence-corrected chi connectivity index (χ0v) is 41.5. The first-order valence-corrected chi connectivity index (χ1v) is 24.9. The van der Waals surface area contributed by atoms with Crippen molar-refractivity contribution in [2.75, 3.05) is 55.6 Å². The van der Waals surface area contributed by atoms with Gasteiger partial charge in [0.1, 0.15) is 17.9 Å². The van der Waals surface area contributed by atoms with Gasteiger partial charge in [-0.05, 0) is 73.4 Å². The maximum atomic E-state index is 14.7. The summed E-state index contributed by atoms with van der Waals surface area (Å²) in [6.07, 6.45) is 9.12. The minimum absolute atomic E-state index is 0.0190. The quantitative estimate of drug-likeness (QED) is 0.136. The molecule has 2 saturated heterocycles. The third-order valence-corrected chi connectivity index (χ3v) is 16.1. The summed E-state index contributed by atoms with van der Waals surface area (Å²) in [6, 6.07) is 10.7. The number of anilines is 3. The highest BCUT2D eigenvalue weighted by molar-refractivity contribution is 6.31. The van der Waals surface area contributed by atoms with Crippen molar-refractivity contribution in [1.82, 2.24) is 44.6 Å². The number of likely N-dealkylation sites (tertiary alicyclic amines) is 1. The number of aryl methyl sites for hydroxylation is 1. The Morgan fingerprint density at radius 2 is 1.69 bits per heavy atom. The predicted octanol–water partition coefficient (Wildman–Crippen LogP) is 8.30. The molecule has 2 aromatic carbocycles. The van der Waals surface area contributed by atoms with Crippen LogP contribution in [0.3, 0.4) is 0 Å². The molecule has 0 bridgehead atoms. The summed E-state index contributed by atoms with van der Waals surface area (Å²) < 4.78 is 39.6. The minimum atomic E-state index is -2.66. The van der Waals surface area contributed by atoms with Crippen LogP contribution < -0.4 is 19.9 Å². The molecule has 1 saturated carbocycles. The first-order valence-electron chi connectivity index (χ1n) is 24.5. The number of nitrogens with one attached hydrogen (secondary N) is 1. The van der Waals surface area contributed by atoms with Crippen molar-refractivity contribution >= 4 is 40.9 Å². The number of carbonyl (C=O) groups excluding carboxylic acids is 2. The second kappa shape index (κ2) is 18.6. The van der Waals surface area contributed by atoms with E-state index >= 15 is 0 Å². The third-order valence-electron chi connectivity index (χ3n) is 15.8. The second-order valence-electron chi connectivity index (χ2n) is 21.1. The van der Waals surface area contributed by atoms with E-state index in [1.807, 2.05) is 11.0 Å². The van der Waals surface area contributed by atoms with Crippen LogP contribution in [-0.4, -0.2) is 109 Å². The van der Waals surface area contributed by atoms with E-state index in [-0.39, 0.29) is 35.6 Å². The Morgan fingerprint density at radius 3 is 2.33 bits per heavy atom. The van der Waals surface area contributed by atoms with Gasteiger partial charge in [-0.3, -0.25) is 19.0 Å². The maximum absolute atomic E-state index is 14.7. The molecule has 1 N–H and O–H groups in total. The number of hydrogen-bond donors (Lipinski definition) is 1. The van der Waals surface area contributed by atoms with Gasteiger partial charge in [0.25, 0.3) is 12.3 Å². The van der Waals surface area contributed by atoms with Crippen LogP contribution in [0.2, 0.25) is 5.02 Å². The number of ether oxygens (including phenoxy) is 1. The van der Waals surface area contributed by atoms with Crippen molar-refractivity contribution in [2.45, 2.75) is 104 Å². The molecule has 0 radical (unpaired) electrons. The Kier molecular flexibility index (Phi) is 12.6. The molecule has 2 amide bonds. The number of nitrogens with zero attached hydrogens (tertiary/aromatic N) is 11. The number of amides is 2. The van der Waals surface area contributed by atoms with Gasteiger partial charge in [0.2, 0.25) is 11.9 Å². The van der Waals surface area contributed by atoms with Crippen LogP contribution in [0, 0.1) is 28.1 Å². The zero-order chi connectivity index (χ0) is 49.2. The molecule has 7 heterocycles. The largest absolute Gasteiger partial charge is 0.489 e. The highest BCUT2D eigenvalue weighted by Gasteiger charge is 2.64. The zero-order valence-electron chi connectivity index (χ0n) is 40.8.